The van der Waals surface area contributed by atoms with E-state index in [2.05, 4.69) is 36.3 Å². The van der Waals surface area contributed by atoms with Crippen molar-refractivity contribution in [1.29, 1.82) is 0 Å². The van der Waals surface area contributed by atoms with Crippen LogP contribution in [-0.4, -0.2) is 54.3 Å². The van der Waals surface area contributed by atoms with Gasteiger partial charge in [0.25, 0.3) is 5.56 Å². The molecule has 1 unspecified atom stereocenters. The molecule has 1 atom stereocenters. The predicted molar refractivity (Wildman–Crippen MR) is 145 cm³/mol. The lowest BCUT2D eigenvalue weighted by Gasteiger charge is -2.31. The molecule has 3 aromatic rings. The maximum atomic E-state index is 14.1. The van der Waals surface area contributed by atoms with Gasteiger partial charge in [-0.05, 0) is 62.6 Å². The van der Waals surface area contributed by atoms with Crippen LogP contribution in [0, 0.1) is 11.2 Å². The maximum absolute atomic E-state index is 14.1. The Bertz CT molecular complexity index is 1370. The Morgan fingerprint density at radius 1 is 1.27 bits per heavy atom. The monoisotopic (exact) mass is 509 g/mol. The zero-order chi connectivity index (χ0) is 26.9. The molecule has 2 N–H and O–H groups in total. The lowest BCUT2D eigenvalue weighted by atomic mass is 9.93. The number of carbonyl (C=O) groups excluding carboxylic acids is 1. The number of anilines is 1. The van der Waals surface area contributed by atoms with Crippen molar-refractivity contribution in [2.75, 3.05) is 31.6 Å². The number of fused-ring (bicyclic) bond motifs is 1. The highest BCUT2D eigenvalue weighted by Gasteiger charge is 2.28. The molecule has 0 spiro atoms. The number of hydrogen-bond donors (Lipinski definition) is 2. The van der Waals surface area contributed by atoms with Gasteiger partial charge < -0.3 is 20.3 Å². The number of aromatic nitrogens is 2. The van der Waals surface area contributed by atoms with E-state index in [1.165, 1.54) is 29.9 Å². The second kappa shape index (κ2) is 10.5. The number of nitrogens with zero attached hydrogens (tertiary/aromatic N) is 3. The first-order valence-corrected chi connectivity index (χ1v) is 12.6. The number of carbonyl (C=O) groups is 1. The summed E-state index contributed by atoms with van der Waals surface area (Å²) in [5.74, 6) is -0.519. The second-order valence-electron chi connectivity index (χ2n) is 10.9. The van der Waals surface area contributed by atoms with Crippen LogP contribution in [0.4, 0.5) is 10.1 Å². The van der Waals surface area contributed by atoms with Crippen molar-refractivity contribution in [3.8, 4) is 17.1 Å². The normalized spacial score (nSPS) is 17.6. The molecular weight excluding hydrogens is 473 g/mol. The molecule has 198 valence electrons. The van der Waals surface area contributed by atoms with Crippen LogP contribution in [0.1, 0.15) is 34.6 Å². The fourth-order valence-corrected chi connectivity index (χ4v) is 4.76. The first-order chi connectivity index (χ1) is 17.5. The van der Waals surface area contributed by atoms with Gasteiger partial charge in [0.05, 0.1) is 18.0 Å². The highest BCUT2D eigenvalue weighted by molar-refractivity contribution is 5.85. The molecule has 4 rings (SSSR count). The fourth-order valence-electron chi connectivity index (χ4n) is 4.76. The molecule has 0 radical (unpaired) electrons. The van der Waals surface area contributed by atoms with E-state index >= 15 is 0 Å². The van der Waals surface area contributed by atoms with Crippen molar-refractivity contribution >= 4 is 22.5 Å². The zero-order valence-electron chi connectivity index (χ0n) is 22.4. The molecule has 1 aromatic heterocycles. The Hall–Kier alpha value is -3.46. The van der Waals surface area contributed by atoms with Crippen LogP contribution in [0.15, 0.2) is 41.2 Å². The number of rotatable bonds is 6. The number of nitrogens with one attached hydrogen (secondary N) is 2. The summed E-state index contributed by atoms with van der Waals surface area (Å²) >= 11 is 0. The van der Waals surface area contributed by atoms with Gasteiger partial charge in [0, 0.05) is 43.0 Å². The first kappa shape index (κ1) is 26.6. The number of halogens is 1. The van der Waals surface area contributed by atoms with Gasteiger partial charge in [0.15, 0.2) is 11.6 Å². The third-order valence-corrected chi connectivity index (χ3v) is 6.51. The van der Waals surface area contributed by atoms with E-state index in [4.69, 9.17) is 9.72 Å². The lowest BCUT2D eigenvalue weighted by Crippen LogP contribution is -2.37. The number of benzene rings is 2. The molecule has 1 aliphatic heterocycles. The molecule has 9 heteroatoms. The third-order valence-electron chi connectivity index (χ3n) is 6.51. The predicted octanol–water partition coefficient (Wildman–Crippen LogP) is 3.56. The minimum Gasteiger partial charge on any atom is -0.494 e. The minimum atomic E-state index is -0.521. The summed E-state index contributed by atoms with van der Waals surface area (Å²) in [7, 11) is 1.38. The van der Waals surface area contributed by atoms with E-state index in [0.717, 1.165) is 25.3 Å². The SMILES string of the molecule is COc1cc(-c2nc3ccc(N4CC(C)NCC(C)(C)C4)cc3c(=O)n2CC(=O)NC(C)C)ccc1F. The van der Waals surface area contributed by atoms with Crippen LogP contribution in [0.25, 0.3) is 22.3 Å². The number of methoxy groups -OCH3 is 1. The van der Waals surface area contributed by atoms with Crippen molar-refractivity contribution in [1.82, 2.24) is 20.2 Å². The van der Waals surface area contributed by atoms with Crippen molar-refractivity contribution in [2.45, 2.75) is 53.2 Å². The standard InChI is InChI=1S/C28H36FN5O3/c1-17(2)31-25(35)14-34-26(19-7-9-22(29)24(11-19)37-6)32-23-10-8-20(12-21(23)27(34)36)33-13-18(3)30-15-28(4,5)16-33/h7-12,17-18,30H,13-16H2,1-6H3,(H,31,35). The fraction of sp³-hybridized carbons (Fsp3) is 0.464. The van der Waals surface area contributed by atoms with E-state index in [1.807, 2.05) is 32.0 Å². The van der Waals surface area contributed by atoms with E-state index in [9.17, 15) is 14.0 Å². The average molecular weight is 510 g/mol. The Kier molecular flexibility index (Phi) is 7.54. The van der Waals surface area contributed by atoms with E-state index in [0.29, 0.717) is 22.5 Å². The van der Waals surface area contributed by atoms with Crippen LogP contribution in [0.5, 0.6) is 5.75 Å². The summed E-state index contributed by atoms with van der Waals surface area (Å²) in [5.41, 5.74) is 1.65. The quantitative estimate of drug-likeness (QED) is 0.528. The molecule has 1 aliphatic rings. The molecule has 0 aliphatic carbocycles. The zero-order valence-corrected chi connectivity index (χ0v) is 22.4. The largest absolute Gasteiger partial charge is 0.494 e. The van der Waals surface area contributed by atoms with Crippen LogP contribution < -0.4 is 25.8 Å². The van der Waals surface area contributed by atoms with E-state index in [-0.39, 0.29) is 41.0 Å². The Labute approximate surface area is 216 Å². The van der Waals surface area contributed by atoms with Crippen LogP contribution in [0.3, 0.4) is 0 Å². The van der Waals surface area contributed by atoms with Gasteiger partial charge in [-0.2, -0.15) is 0 Å². The summed E-state index contributed by atoms with van der Waals surface area (Å²) in [5, 5.41) is 6.83. The molecule has 8 nitrogen and oxygen atoms in total. The molecule has 2 heterocycles. The van der Waals surface area contributed by atoms with Crippen LogP contribution in [-0.2, 0) is 11.3 Å². The van der Waals surface area contributed by atoms with Gasteiger partial charge in [0.1, 0.15) is 12.4 Å². The first-order valence-electron chi connectivity index (χ1n) is 12.6. The summed E-state index contributed by atoms with van der Waals surface area (Å²) in [6.45, 7) is 12.6. The van der Waals surface area contributed by atoms with Gasteiger partial charge in [-0.3, -0.25) is 14.2 Å². The van der Waals surface area contributed by atoms with Crippen molar-refractivity contribution in [2.24, 2.45) is 5.41 Å². The van der Waals surface area contributed by atoms with Gasteiger partial charge >= 0.3 is 0 Å². The van der Waals surface area contributed by atoms with E-state index < -0.39 is 5.82 Å². The lowest BCUT2D eigenvalue weighted by molar-refractivity contribution is -0.122. The Balaban J connectivity index is 1.86. The average Bonchev–Trinajstić information content (AvgIpc) is 2.97. The van der Waals surface area contributed by atoms with Crippen molar-refractivity contribution < 1.29 is 13.9 Å². The molecule has 2 aromatic carbocycles. The van der Waals surface area contributed by atoms with Crippen LogP contribution >= 0.6 is 0 Å². The Morgan fingerprint density at radius 3 is 2.73 bits per heavy atom. The summed E-state index contributed by atoms with van der Waals surface area (Å²) in [6.07, 6.45) is 0. The third kappa shape index (κ3) is 5.93. The summed E-state index contributed by atoms with van der Waals surface area (Å²) < 4.78 is 20.6. The number of ether oxygens (including phenoxy) is 1. The second-order valence-corrected chi connectivity index (χ2v) is 10.9. The molecule has 1 saturated heterocycles. The molecule has 1 amide bonds. The Morgan fingerprint density at radius 2 is 2.03 bits per heavy atom. The van der Waals surface area contributed by atoms with Gasteiger partial charge in [0.2, 0.25) is 5.91 Å². The van der Waals surface area contributed by atoms with Crippen LogP contribution in [0.2, 0.25) is 0 Å². The molecule has 0 bridgehead atoms. The van der Waals surface area contributed by atoms with Crippen molar-refractivity contribution in [3.05, 3.63) is 52.6 Å². The van der Waals surface area contributed by atoms with Gasteiger partial charge in [-0.25, -0.2) is 9.37 Å². The highest BCUT2D eigenvalue weighted by Crippen LogP contribution is 2.29. The topological polar surface area (TPSA) is 88.5 Å². The number of hydrogen-bond acceptors (Lipinski definition) is 6. The number of amides is 1. The molecule has 37 heavy (non-hydrogen) atoms. The molecule has 0 saturated carbocycles. The van der Waals surface area contributed by atoms with Gasteiger partial charge in [-0.15, -0.1) is 0 Å². The maximum Gasteiger partial charge on any atom is 0.262 e. The van der Waals surface area contributed by atoms with Crippen molar-refractivity contribution in [3.63, 3.8) is 0 Å². The summed E-state index contributed by atoms with van der Waals surface area (Å²) in [6, 6.07) is 10.2. The van der Waals surface area contributed by atoms with E-state index in [1.54, 1.807) is 0 Å². The molecular formula is C28H36FN5O3. The molecule has 1 fully saturated rings. The smallest absolute Gasteiger partial charge is 0.262 e. The summed E-state index contributed by atoms with van der Waals surface area (Å²) in [4.78, 5) is 33.7. The minimum absolute atomic E-state index is 0.0342. The highest BCUT2D eigenvalue weighted by atomic mass is 19.1. The van der Waals surface area contributed by atoms with Gasteiger partial charge in [-0.1, -0.05) is 13.8 Å².